The largest absolute Gasteiger partial charge is 0.450 e. The van der Waals surface area contributed by atoms with E-state index < -0.39 is 5.56 Å². The van der Waals surface area contributed by atoms with Crippen LogP contribution < -0.4 is 10.3 Å². The summed E-state index contributed by atoms with van der Waals surface area (Å²) in [5.41, 5.74) is 1.08. The molecule has 0 radical (unpaired) electrons. The van der Waals surface area contributed by atoms with E-state index in [1.54, 1.807) is 19.9 Å². The summed E-state index contributed by atoms with van der Waals surface area (Å²) in [6.07, 6.45) is 0. The van der Waals surface area contributed by atoms with Crippen LogP contribution in [0.3, 0.4) is 0 Å². The summed E-state index contributed by atoms with van der Waals surface area (Å²) < 4.78 is 5.46. The Labute approximate surface area is 103 Å². The van der Waals surface area contributed by atoms with Gasteiger partial charge in [0.05, 0.1) is 11.4 Å². The number of aryl methyl sites for hydroxylation is 2. The van der Waals surface area contributed by atoms with E-state index in [-0.39, 0.29) is 5.75 Å². The zero-order valence-electron chi connectivity index (χ0n) is 9.89. The number of pyridine rings is 1. The molecule has 0 amide bonds. The second-order valence-corrected chi connectivity index (χ2v) is 3.70. The molecule has 0 saturated heterocycles. The molecule has 18 heavy (non-hydrogen) atoms. The van der Waals surface area contributed by atoms with Crippen molar-refractivity contribution in [3.05, 3.63) is 45.6 Å². The summed E-state index contributed by atoms with van der Waals surface area (Å²) in [4.78, 5) is 15.5. The molecular weight excluding hydrogens is 232 g/mol. The summed E-state index contributed by atoms with van der Waals surface area (Å²) >= 11 is 0. The van der Waals surface area contributed by atoms with E-state index in [0.717, 1.165) is 0 Å². The van der Waals surface area contributed by atoms with Crippen molar-refractivity contribution >= 4 is 0 Å². The van der Waals surface area contributed by atoms with Crippen LogP contribution in [-0.2, 0) is 0 Å². The molecule has 0 atom stereocenters. The fourth-order valence-corrected chi connectivity index (χ4v) is 1.39. The first kappa shape index (κ1) is 11.8. The SMILES string of the molecule is Cc1cc(Oc2ccc(C#N)nc2C)c(=O)[nH]n1. The number of H-pyrrole nitrogens is 1. The van der Waals surface area contributed by atoms with Gasteiger partial charge in [-0.3, -0.25) is 4.79 Å². The minimum absolute atomic E-state index is 0.150. The van der Waals surface area contributed by atoms with E-state index in [4.69, 9.17) is 10.00 Å². The van der Waals surface area contributed by atoms with Gasteiger partial charge in [-0.2, -0.15) is 10.4 Å². The molecule has 2 heterocycles. The van der Waals surface area contributed by atoms with Crippen LogP contribution in [0.15, 0.2) is 23.0 Å². The lowest BCUT2D eigenvalue weighted by Gasteiger charge is -2.07. The highest BCUT2D eigenvalue weighted by molar-refractivity contribution is 5.36. The Morgan fingerprint density at radius 1 is 1.33 bits per heavy atom. The lowest BCUT2D eigenvalue weighted by atomic mass is 10.3. The fourth-order valence-electron chi connectivity index (χ4n) is 1.39. The zero-order valence-corrected chi connectivity index (χ0v) is 9.89. The van der Waals surface area contributed by atoms with Crippen molar-refractivity contribution in [1.82, 2.24) is 15.2 Å². The first-order chi connectivity index (χ1) is 8.60. The number of hydrogen-bond donors (Lipinski definition) is 1. The number of rotatable bonds is 2. The van der Waals surface area contributed by atoms with Crippen molar-refractivity contribution in [3.8, 4) is 17.6 Å². The molecule has 0 aliphatic rings. The van der Waals surface area contributed by atoms with Crippen LogP contribution in [0.4, 0.5) is 0 Å². The Hall–Kier alpha value is -2.68. The molecule has 0 spiro atoms. The molecule has 0 fully saturated rings. The Kier molecular flexibility index (Phi) is 3.06. The second-order valence-electron chi connectivity index (χ2n) is 3.70. The van der Waals surface area contributed by atoms with Crippen molar-refractivity contribution in [2.75, 3.05) is 0 Å². The van der Waals surface area contributed by atoms with Gasteiger partial charge in [0.25, 0.3) is 0 Å². The average Bonchev–Trinajstić information content (AvgIpc) is 2.36. The topological polar surface area (TPSA) is 91.7 Å². The van der Waals surface area contributed by atoms with Crippen LogP contribution in [0.5, 0.6) is 11.5 Å². The lowest BCUT2D eigenvalue weighted by molar-refractivity contribution is 0.465. The van der Waals surface area contributed by atoms with Crippen molar-refractivity contribution in [2.45, 2.75) is 13.8 Å². The van der Waals surface area contributed by atoms with Gasteiger partial charge in [0.2, 0.25) is 0 Å². The minimum Gasteiger partial charge on any atom is -0.450 e. The van der Waals surface area contributed by atoms with Crippen molar-refractivity contribution in [2.24, 2.45) is 0 Å². The van der Waals surface area contributed by atoms with E-state index in [1.165, 1.54) is 12.1 Å². The Morgan fingerprint density at radius 3 is 2.78 bits per heavy atom. The van der Waals surface area contributed by atoms with Crippen LogP contribution in [0.2, 0.25) is 0 Å². The highest BCUT2D eigenvalue weighted by Crippen LogP contribution is 2.21. The van der Waals surface area contributed by atoms with E-state index >= 15 is 0 Å². The third-order valence-electron chi connectivity index (χ3n) is 2.27. The number of nitrogens with zero attached hydrogens (tertiary/aromatic N) is 3. The molecule has 2 aromatic heterocycles. The van der Waals surface area contributed by atoms with Gasteiger partial charge in [0, 0.05) is 6.07 Å². The van der Waals surface area contributed by atoms with Crippen LogP contribution in [0.25, 0.3) is 0 Å². The van der Waals surface area contributed by atoms with Crippen molar-refractivity contribution < 1.29 is 4.74 Å². The molecule has 6 heteroatoms. The van der Waals surface area contributed by atoms with Gasteiger partial charge in [0.15, 0.2) is 5.75 Å². The molecule has 90 valence electrons. The Balaban J connectivity index is 2.38. The van der Waals surface area contributed by atoms with E-state index in [9.17, 15) is 4.79 Å². The molecule has 0 aliphatic carbocycles. The molecule has 1 N–H and O–H groups in total. The molecular formula is C12H10N4O2. The lowest BCUT2D eigenvalue weighted by Crippen LogP contribution is -2.11. The second kappa shape index (κ2) is 4.67. The van der Waals surface area contributed by atoms with Crippen molar-refractivity contribution in [3.63, 3.8) is 0 Å². The normalized spacial score (nSPS) is 9.83. The molecule has 0 aliphatic heterocycles. The average molecular weight is 242 g/mol. The Bertz CT molecular complexity index is 685. The van der Waals surface area contributed by atoms with E-state index in [0.29, 0.717) is 22.8 Å². The third-order valence-corrected chi connectivity index (χ3v) is 2.27. The summed E-state index contributed by atoms with van der Waals surface area (Å²) in [6, 6.07) is 6.61. The summed E-state index contributed by atoms with van der Waals surface area (Å²) in [5.74, 6) is 0.585. The molecule has 0 unspecified atom stereocenters. The van der Waals surface area contributed by atoms with Crippen molar-refractivity contribution in [1.29, 1.82) is 5.26 Å². The summed E-state index contributed by atoms with van der Waals surface area (Å²) in [7, 11) is 0. The number of aromatic nitrogens is 3. The highest BCUT2D eigenvalue weighted by atomic mass is 16.5. The Morgan fingerprint density at radius 2 is 2.11 bits per heavy atom. The van der Waals surface area contributed by atoms with Crippen LogP contribution >= 0.6 is 0 Å². The maximum Gasteiger partial charge on any atom is 0.307 e. The van der Waals surface area contributed by atoms with Gasteiger partial charge in [-0.05, 0) is 26.0 Å². The minimum atomic E-state index is -0.413. The number of nitriles is 1. The third kappa shape index (κ3) is 2.35. The van der Waals surface area contributed by atoms with Crippen LogP contribution in [0, 0.1) is 25.2 Å². The first-order valence-corrected chi connectivity index (χ1v) is 5.22. The summed E-state index contributed by atoms with van der Waals surface area (Å²) in [6.45, 7) is 3.45. The smallest absolute Gasteiger partial charge is 0.307 e. The monoisotopic (exact) mass is 242 g/mol. The molecule has 0 saturated carbocycles. The maximum atomic E-state index is 11.5. The standard InChI is InChI=1S/C12H10N4O2/c1-7-5-11(12(17)16-15-7)18-10-4-3-9(6-13)14-8(10)2/h3-5H,1-2H3,(H,16,17). The van der Waals surface area contributed by atoms with Gasteiger partial charge in [0.1, 0.15) is 17.5 Å². The first-order valence-electron chi connectivity index (χ1n) is 5.22. The predicted octanol–water partition coefficient (Wildman–Crippen LogP) is 1.45. The van der Waals surface area contributed by atoms with Crippen LogP contribution in [-0.4, -0.2) is 15.2 Å². The van der Waals surface area contributed by atoms with Gasteiger partial charge >= 0.3 is 5.56 Å². The predicted molar refractivity (Wildman–Crippen MR) is 63.4 cm³/mol. The van der Waals surface area contributed by atoms with E-state index in [1.807, 2.05) is 6.07 Å². The van der Waals surface area contributed by atoms with Gasteiger partial charge in [-0.15, -0.1) is 0 Å². The highest BCUT2D eigenvalue weighted by Gasteiger charge is 2.07. The number of aromatic amines is 1. The van der Waals surface area contributed by atoms with Crippen LogP contribution in [0.1, 0.15) is 17.1 Å². The fraction of sp³-hybridized carbons (Fsp3) is 0.167. The molecule has 0 aromatic carbocycles. The molecule has 2 aromatic rings. The van der Waals surface area contributed by atoms with Gasteiger partial charge in [-0.25, -0.2) is 10.1 Å². The van der Waals surface area contributed by atoms with E-state index in [2.05, 4.69) is 15.2 Å². The van der Waals surface area contributed by atoms with Gasteiger partial charge < -0.3 is 4.74 Å². The number of nitrogens with one attached hydrogen (secondary N) is 1. The maximum absolute atomic E-state index is 11.5. The molecule has 2 rings (SSSR count). The molecule has 0 bridgehead atoms. The zero-order chi connectivity index (χ0) is 13.1. The number of hydrogen-bond acceptors (Lipinski definition) is 5. The molecule has 6 nitrogen and oxygen atoms in total. The number of ether oxygens (including phenoxy) is 1. The van der Waals surface area contributed by atoms with Gasteiger partial charge in [-0.1, -0.05) is 0 Å². The quantitative estimate of drug-likeness (QED) is 0.860. The summed E-state index contributed by atoms with van der Waals surface area (Å²) in [5, 5.41) is 14.8.